The number of benzene rings is 1. The molecule has 0 fully saturated rings. The average molecular weight is 259 g/mol. The highest BCUT2D eigenvalue weighted by atomic mass is 16.5. The van der Waals surface area contributed by atoms with Crippen molar-refractivity contribution in [3.05, 3.63) is 36.0 Å². The monoisotopic (exact) mass is 259 g/mol. The summed E-state index contributed by atoms with van der Waals surface area (Å²) in [7, 11) is 1.70. The van der Waals surface area contributed by atoms with E-state index < -0.39 is 0 Å². The molecule has 1 aromatic carbocycles. The Balaban J connectivity index is 2.43. The number of rotatable bonds is 6. The van der Waals surface area contributed by atoms with Gasteiger partial charge in [0.2, 0.25) is 0 Å². The van der Waals surface area contributed by atoms with Crippen molar-refractivity contribution < 1.29 is 4.74 Å². The van der Waals surface area contributed by atoms with Crippen LogP contribution in [0.25, 0.3) is 11.3 Å². The lowest BCUT2D eigenvalue weighted by Gasteiger charge is -2.13. The first-order valence-electron chi connectivity index (χ1n) is 6.70. The van der Waals surface area contributed by atoms with Crippen LogP contribution in [0.5, 0.6) is 5.75 Å². The van der Waals surface area contributed by atoms with Crippen LogP contribution in [0.1, 0.15) is 19.4 Å². The van der Waals surface area contributed by atoms with Crippen LogP contribution in [0.15, 0.2) is 30.5 Å². The fourth-order valence-corrected chi connectivity index (χ4v) is 2.17. The Labute approximate surface area is 114 Å². The third kappa shape index (κ3) is 2.96. The van der Waals surface area contributed by atoms with E-state index in [0.29, 0.717) is 0 Å². The predicted molar refractivity (Wildman–Crippen MR) is 77.3 cm³/mol. The predicted octanol–water partition coefficient (Wildman–Crippen LogP) is 2.69. The van der Waals surface area contributed by atoms with Gasteiger partial charge in [-0.15, -0.1) is 0 Å². The molecule has 0 saturated heterocycles. The van der Waals surface area contributed by atoms with Crippen molar-refractivity contribution in [2.45, 2.75) is 26.9 Å². The molecule has 0 spiro atoms. The molecule has 0 atom stereocenters. The zero-order valence-corrected chi connectivity index (χ0v) is 11.8. The van der Waals surface area contributed by atoms with E-state index in [-0.39, 0.29) is 0 Å². The summed E-state index contributed by atoms with van der Waals surface area (Å²) < 4.78 is 7.32. The van der Waals surface area contributed by atoms with Crippen LogP contribution in [0.2, 0.25) is 0 Å². The van der Waals surface area contributed by atoms with Crippen molar-refractivity contribution in [1.29, 1.82) is 0 Å². The first kappa shape index (κ1) is 13.6. The smallest absolute Gasteiger partial charge is 0.119 e. The first-order chi connectivity index (χ1) is 9.30. The number of aryl methyl sites for hydroxylation is 1. The minimum atomic E-state index is 0.831. The Morgan fingerprint density at radius 3 is 2.79 bits per heavy atom. The molecular weight excluding hydrogens is 238 g/mol. The van der Waals surface area contributed by atoms with Crippen LogP contribution < -0.4 is 10.1 Å². The van der Waals surface area contributed by atoms with Gasteiger partial charge < -0.3 is 10.1 Å². The Bertz CT molecular complexity index is 534. The molecule has 0 aliphatic carbocycles. The molecular formula is C15H21N3O. The third-order valence-electron chi connectivity index (χ3n) is 3.17. The Morgan fingerprint density at radius 1 is 1.26 bits per heavy atom. The van der Waals surface area contributed by atoms with E-state index in [4.69, 9.17) is 4.74 Å². The molecule has 1 heterocycles. The minimum Gasteiger partial charge on any atom is -0.497 e. The van der Waals surface area contributed by atoms with E-state index >= 15 is 0 Å². The van der Waals surface area contributed by atoms with Crippen molar-refractivity contribution in [2.24, 2.45) is 0 Å². The van der Waals surface area contributed by atoms with E-state index in [9.17, 15) is 0 Å². The van der Waals surface area contributed by atoms with Crippen LogP contribution in [0.4, 0.5) is 0 Å². The van der Waals surface area contributed by atoms with Crippen LogP contribution in [0, 0.1) is 0 Å². The summed E-state index contributed by atoms with van der Waals surface area (Å²) >= 11 is 0. The lowest BCUT2D eigenvalue weighted by Crippen LogP contribution is -2.13. The zero-order chi connectivity index (χ0) is 13.7. The molecule has 0 amide bonds. The van der Waals surface area contributed by atoms with Crippen molar-refractivity contribution in [3.8, 4) is 17.0 Å². The molecule has 19 heavy (non-hydrogen) atoms. The van der Waals surface area contributed by atoms with Crippen molar-refractivity contribution in [1.82, 2.24) is 15.1 Å². The maximum absolute atomic E-state index is 5.31. The maximum Gasteiger partial charge on any atom is 0.119 e. The summed E-state index contributed by atoms with van der Waals surface area (Å²) in [5, 5.41) is 7.71. The average Bonchev–Trinajstić information content (AvgIpc) is 2.92. The summed E-state index contributed by atoms with van der Waals surface area (Å²) in [6.07, 6.45) is 1.85. The third-order valence-corrected chi connectivity index (χ3v) is 3.17. The van der Waals surface area contributed by atoms with Gasteiger partial charge in [-0.3, -0.25) is 4.68 Å². The number of nitrogens with zero attached hydrogens (tertiary/aromatic N) is 2. The van der Waals surface area contributed by atoms with Gasteiger partial charge in [-0.1, -0.05) is 6.92 Å². The molecule has 102 valence electrons. The van der Waals surface area contributed by atoms with Gasteiger partial charge in [0.05, 0.1) is 12.8 Å². The van der Waals surface area contributed by atoms with Gasteiger partial charge in [0.25, 0.3) is 0 Å². The summed E-state index contributed by atoms with van der Waals surface area (Å²) in [5.74, 6) is 0.888. The van der Waals surface area contributed by atoms with E-state index in [2.05, 4.69) is 42.5 Å². The Hall–Kier alpha value is -1.81. The van der Waals surface area contributed by atoms with Gasteiger partial charge in [0, 0.05) is 24.8 Å². The van der Waals surface area contributed by atoms with Crippen molar-refractivity contribution in [3.63, 3.8) is 0 Å². The van der Waals surface area contributed by atoms with Crippen LogP contribution in [-0.2, 0) is 13.1 Å². The maximum atomic E-state index is 5.31. The number of hydrogen-bond donors (Lipinski definition) is 1. The summed E-state index contributed by atoms with van der Waals surface area (Å²) in [5.41, 5.74) is 3.59. The minimum absolute atomic E-state index is 0.831. The molecule has 2 rings (SSSR count). The Kier molecular flexibility index (Phi) is 4.58. The number of hydrogen-bond acceptors (Lipinski definition) is 3. The van der Waals surface area contributed by atoms with Gasteiger partial charge in [-0.2, -0.15) is 5.10 Å². The second kappa shape index (κ2) is 6.38. The van der Waals surface area contributed by atoms with Gasteiger partial charge in [0.15, 0.2) is 0 Å². The number of nitrogens with one attached hydrogen (secondary N) is 1. The SMILES string of the molecule is CCNCc1cc(OC)ccc1-c1ccnn1CC. The van der Waals surface area contributed by atoms with E-state index in [1.54, 1.807) is 7.11 Å². The molecule has 1 aromatic heterocycles. The molecule has 0 radical (unpaired) electrons. The lowest BCUT2D eigenvalue weighted by molar-refractivity contribution is 0.414. The molecule has 0 bridgehead atoms. The fraction of sp³-hybridized carbons (Fsp3) is 0.400. The van der Waals surface area contributed by atoms with Crippen molar-refractivity contribution >= 4 is 0 Å². The zero-order valence-electron chi connectivity index (χ0n) is 11.8. The van der Waals surface area contributed by atoms with E-state index in [0.717, 1.165) is 31.1 Å². The second-order valence-corrected chi connectivity index (χ2v) is 4.34. The molecule has 0 aliphatic rings. The van der Waals surface area contributed by atoms with Crippen LogP contribution in [-0.4, -0.2) is 23.4 Å². The molecule has 2 aromatic rings. The van der Waals surface area contributed by atoms with Crippen LogP contribution in [0.3, 0.4) is 0 Å². The highest BCUT2D eigenvalue weighted by Crippen LogP contribution is 2.27. The van der Waals surface area contributed by atoms with Crippen molar-refractivity contribution in [2.75, 3.05) is 13.7 Å². The highest BCUT2D eigenvalue weighted by Gasteiger charge is 2.10. The molecule has 4 nitrogen and oxygen atoms in total. The normalized spacial score (nSPS) is 10.7. The first-order valence-corrected chi connectivity index (χ1v) is 6.70. The molecule has 1 N–H and O–H groups in total. The molecule has 0 aliphatic heterocycles. The molecule has 0 saturated carbocycles. The Morgan fingerprint density at radius 2 is 2.11 bits per heavy atom. The highest BCUT2D eigenvalue weighted by molar-refractivity contribution is 5.65. The van der Waals surface area contributed by atoms with Gasteiger partial charge in [-0.05, 0) is 43.3 Å². The quantitative estimate of drug-likeness (QED) is 0.867. The number of methoxy groups -OCH3 is 1. The second-order valence-electron chi connectivity index (χ2n) is 4.34. The number of aromatic nitrogens is 2. The topological polar surface area (TPSA) is 39.1 Å². The van der Waals surface area contributed by atoms with Gasteiger partial charge in [0.1, 0.15) is 5.75 Å². The van der Waals surface area contributed by atoms with Gasteiger partial charge >= 0.3 is 0 Å². The summed E-state index contributed by atoms with van der Waals surface area (Å²) in [6, 6.07) is 8.25. The van der Waals surface area contributed by atoms with E-state index in [1.807, 2.05) is 16.9 Å². The number of ether oxygens (including phenoxy) is 1. The lowest BCUT2D eigenvalue weighted by atomic mass is 10.0. The van der Waals surface area contributed by atoms with Gasteiger partial charge in [-0.25, -0.2) is 0 Å². The summed E-state index contributed by atoms with van der Waals surface area (Å²) in [4.78, 5) is 0. The molecule has 0 unspecified atom stereocenters. The summed E-state index contributed by atoms with van der Waals surface area (Å²) in [6.45, 7) is 6.86. The standard InChI is InChI=1S/C15H21N3O/c1-4-16-11-12-10-13(19-3)6-7-14(12)15-8-9-17-18(15)5-2/h6-10,16H,4-5,11H2,1-3H3. The fourth-order valence-electron chi connectivity index (χ4n) is 2.17. The van der Waals surface area contributed by atoms with Crippen LogP contribution >= 0.6 is 0 Å². The molecule has 4 heteroatoms. The van der Waals surface area contributed by atoms with E-state index in [1.165, 1.54) is 11.1 Å². The largest absolute Gasteiger partial charge is 0.497 e.